The average Bonchev–Trinajstić information content (AvgIpc) is 2.74. The van der Waals surface area contributed by atoms with Gasteiger partial charge in [-0.05, 0) is 53.9 Å². The molecule has 0 saturated carbocycles. The third-order valence-electron chi connectivity index (χ3n) is 4.94. The Morgan fingerprint density at radius 2 is 1.71 bits per heavy atom. The molecule has 3 rings (SSSR count). The number of carboxylic acids is 1. The lowest BCUT2D eigenvalue weighted by molar-refractivity contribution is 0.0692. The van der Waals surface area contributed by atoms with Crippen LogP contribution in [0.3, 0.4) is 0 Å². The lowest BCUT2D eigenvalue weighted by Crippen LogP contribution is -2.34. The van der Waals surface area contributed by atoms with Gasteiger partial charge >= 0.3 is 5.97 Å². The molecule has 0 spiro atoms. The molecule has 0 aliphatic heterocycles. The number of nitrogens with zero attached hydrogens (tertiary/aromatic N) is 1. The molecule has 3 aromatic carbocycles. The normalized spacial score (nSPS) is 12.6. The van der Waals surface area contributed by atoms with Gasteiger partial charge in [0.05, 0.1) is 16.5 Å². The van der Waals surface area contributed by atoms with E-state index in [4.69, 9.17) is 16.7 Å². The van der Waals surface area contributed by atoms with E-state index >= 15 is 0 Å². The van der Waals surface area contributed by atoms with E-state index in [-0.39, 0.29) is 11.4 Å². The lowest BCUT2D eigenvalue weighted by Gasteiger charge is -2.31. The standard InChI is InChI=1S/C23H21ClFNO4S/c1-2-22(17-6-4-3-5-7-17)26(31(29,30)19-11-9-18(24)10-12-19)15-16-8-13-20(23(27)28)21(25)14-16/h3-14,22H,2,15H2,1H3,(H,27,28)/t22-/m0/s1. The highest BCUT2D eigenvalue weighted by molar-refractivity contribution is 7.89. The highest BCUT2D eigenvalue weighted by atomic mass is 35.5. The molecule has 0 bridgehead atoms. The van der Waals surface area contributed by atoms with Crippen molar-refractivity contribution < 1.29 is 22.7 Å². The average molecular weight is 462 g/mol. The van der Waals surface area contributed by atoms with E-state index in [2.05, 4.69) is 0 Å². The van der Waals surface area contributed by atoms with E-state index in [1.807, 2.05) is 37.3 Å². The zero-order chi connectivity index (χ0) is 22.6. The van der Waals surface area contributed by atoms with Crippen LogP contribution in [0.1, 0.15) is 40.9 Å². The molecule has 0 aromatic heterocycles. The van der Waals surface area contributed by atoms with Crippen LogP contribution < -0.4 is 0 Å². The number of carbonyl (C=O) groups is 1. The molecular formula is C23H21ClFNO4S. The van der Waals surface area contributed by atoms with Crippen molar-refractivity contribution in [1.29, 1.82) is 0 Å². The Balaban J connectivity index is 2.09. The monoisotopic (exact) mass is 461 g/mol. The number of hydrogen-bond acceptors (Lipinski definition) is 3. The Morgan fingerprint density at radius 1 is 1.06 bits per heavy atom. The first kappa shape index (κ1) is 22.9. The molecule has 31 heavy (non-hydrogen) atoms. The van der Waals surface area contributed by atoms with Gasteiger partial charge in [-0.3, -0.25) is 0 Å². The summed E-state index contributed by atoms with van der Waals surface area (Å²) < 4.78 is 42.7. The molecule has 3 aromatic rings. The van der Waals surface area contributed by atoms with Crippen LogP contribution in [0.4, 0.5) is 4.39 Å². The summed E-state index contributed by atoms with van der Waals surface area (Å²) in [6.07, 6.45) is 0.479. The van der Waals surface area contributed by atoms with E-state index < -0.39 is 33.4 Å². The second-order valence-electron chi connectivity index (χ2n) is 6.96. The lowest BCUT2D eigenvalue weighted by atomic mass is 10.0. The van der Waals surface area contributed by atoms with Crippen molar-refractivity contribution in [3.8, 4) is 0 Å². The molecular weight excluding hydrogens is 441 g/mol. The Hall–Kier alpha value is -2.74. The van der Waals surface area contributed by atoms with Crippen molar-refractivity contribution in [2.24, 2.45) is 0 Å². The zero-order valence-corrected chi connectivity index (χ0v) is 18.3. The molecule has 1 atom stereocenters. The molecule has 0 fully saturated rings. The minimum atomic E-state index is -3.98. The predicted octanol–water partition coefficient (Wildman–Crippen LogP) is 5.52. The zero-order valence-electron chi connectivity index (χ0n) is 16.7. The summed E-state index contributed by atoms with van der Waals surface area (Å²) in [7, 11) is -3.98. The van der Waals surface area contributed by atoms with E-state index in [1.165, 1.54) is 34.6 Å². The van der Waals surface area contributed by atoms with Crippen molar-refractivity contribution in [2.75, 3.05) is 0 Å². The summed E-state index contributed by atoms with van der Waals surface area (Å²) in [5, 5.41) is 9.47. The van der Waals surface area contributed by atoms with Crippen molar-refractivity contribution in [2.45, 2.75) is 30.8 Å². The summed E-state index contributed by atoms with van der Waals surface area (Å²) in [6.45, 7) is 1.74. The number of sulfonamides is 1. The highest BCUT2D eigenvalue weighted by Crippen LogP contribution is 2.32. The van der Waals surface area contributed by atoms with Crippen LogP contribution in [0.25, 0.3) is 0 Å². The van der Waals surface area contributed by atoms with Crippen LogP contribution in [-0.4, -0.2) is 23.8 Å². The van der Waals surface area contributed by atoms with Gasteiger partial charge in [0.25, 0.3) is 0 Å². The highest BCUT2D eigenvalue weighted by Gasteiger charge is 2.32. The van der Waals surface area contributed by atoms with E-state index in [0.717, 1.165) is 17.7 Å². The minimum absolute atomic E-state index is 0.0638. The quantitative estimate of drug-likeness (QED) is 0.479. The number of rotatable bonds is 8. The molecule has 0 unspecified atom stereocenters. The molecule has 0 radical (unpaired) electrons. The Bertz CT molecular complexity index is 1170. The first-order chi connectivity index (χ1) is 14.7. The fourth-order valence-electron chi connectivity index (χ4n) is 3.40. The first-order valence-electron chi connectivity index (χ1n) is 9.58. The molecule has 0 aliphatic carbocycles. The Morgan fingerprint density at radius 3 is 2.26 bits per heavy atom. The molecule has 0 aliphatic rings. The van der Waals surface area contributed by atoms with Gasteiger partial charge in [-0.2, -0.15) is 4.31 Å². The van der Waals surface area contributed by atoms with Crippen molar-refractivity contribution in [3.05, 3.63) is 100 Å². The maximum Gasteiger partial charge on any atom is 0.338 e. The number of aromatic carboxylic acids is 1. The van der Waals surface area contributed by atoms with Crippen LogP contribution in [0.15, 0.2) is 77.7 Å². The fourth-order valence-corrected chi connectivity index (χ4v) is 5.20. The second kappa shape index (κ2) is 9.60. The summed E-state index contributed by atoms with van der Waals surface area (Å²) in [4.78, 5) is 11.2. The maximum atomic E-state index is 14.3. The minimum Gasteiger partial charge on any atom is -0.478 e. The molecule has 5 nitrogen and oxygen atoms in total. The van der Waals surface area contributed by atoms with Gasteiger partial charge in [-0.25, -0.2) is 17.6 Å². The smallest absolute Gasteiger partial charge is 0.338 e. The van der Waals surface area contributed by atoms with Crippen LogP contribution in [0, 0.1) is 5.82 Å². The third kappa shape index (κ3) is 5.12. The number of benzene rings is 3. The fraction of sp³-hybridized carbons (Fsp3) is 0.174. The van der Waals surface area contributed by atoms with E-state index in [1.54, 1.807) is 0 Å². The van der Waals surface area contributed by atoms with Crippen LogP contribution >= 0.6 is 11.6 Å². The number of halogens is 2. The largest absolute Gasteiger partial charge is 0.478 e. The van der Waals surface area contributed by atoms with Crippen LogP contribution in [0.5, 0.6) is 0 Å². The van der Waals surface area contributed by atoms with Crippen LogP contribution in [0.2, 0.25) is 5.02 Å². The number of carboxylic acid groups (broad SMARTS) is 1. The van der Waals surface area contributed by atoms with Crippen LogP contribution in [-0.2, 0) is 16.6 Å². The van der Waals surface area contributed by atoms with Gasteiger partial charge in [0.2, 0.25) is 10.0 Å². The molecule has 8 heteroatoms. The Labute approximate surface area is 185 Å². The van der Waals surface area contributed by atoms with Gasteiger partial charge in [-0.15, -0.1) is 0 Å². The SMILES string of the molecule is CC[C@@H](c1ccccc1)N(Cc1ccc(C(=O)O)c(F)c1)S(=O)(=O)c1ccc(Cl)cc1. The van der Waals surface area contributed by atoms with Gasteiger partial charge in [-0.1, -0.05) is 54.9 Å². The molecule has 0 saturated heterocycles. The second-order valence-corrected chi connectivity index (χ2v) is 9.29. The Kier molecular flexibility index (Phi) is 7.10. The topological polar surface area (TPSA) is 74.7 Å². The summed E-state index contributed by atoms with van der Waals surface area (Å²) in [6, 6.07) is 18.1. The van der Waals surface area contributed by atoms with Gasteiger partial charge in [0.1, 0.15) is 5.82 Å². The van der Waals surface area contributed by atoms with Gasteiger partial charge < -0.3 is 5.11 Å². The van der Waals surface area contributed by atoms with E-state index in [0.29, 0.717) is 17.0 Å². The summed E-state index contributed by atoms with van der Waals surface area (Å²) in [5.41, 5.74) is 0.672. The maximum absolute atomic E-state index is 14.3. The van der Waals surface area contributed by atoms with Crippen molar-refractivity contribution in [1.82, 2.24) is 4.31 Å². The van der Waals surface area contributed by atoms with Crippen molar-refractivity contribution in [3.63, 3.8) is 0 Å². The van der Waals surface area contributed by atoms with Crippen molar-refractivity contribution >= 4 is 27.6 Å². The number of hydrogen-bond donors (Lipinski definition) is 1. The van der Waals surface area contributed by atoms with E-state index in [9.17, 15) is 17.6 Å². The van der Waals surface area contributed by atoms with Gasteiger partial charge in [0.15, 0.2) is 0 Å². The molecule has 0 heterocycles. The molecule has 0 amide bonds. The summed E-state index contributed by atoms with van der Waals surface area (Å²) >= 11 is 5.92. The first-order valence-corrected chi connectivity index (χ1v) is 11.4. The summed E-state index contributed by atoms with van der Waals surface area (Å²) in [5.74, 6) is -2.30. The van der Waals surface area contributed by atoms with Gasteiger partial charge in [0, 0.05) is 11.6 Å². The predicted molar refractivity (Wildman–Crippen MR) is 117 cm³/mol. The molecule has 162 valence electrons. The third-order valence-corrected chi connectivity index (χ3v) is 7.06. The molecule has 1 N–H and O–H groups in total.